The third-order valence-electron chi connectivity index (χ3n) is 4.29. The molecule has 0 amide bonds. The molecule has 1 aliphatic rings. The van der Waals surface area contributed by atoms with Gasteiger partial charge in [0, 0.05) is 5.69 Å². The summed E-state index contributed by atoms with van der Waals surface area (Å²) in [6, 6.07) is 5.12. The van der Waals surface area contributed by atoms with Crippen LogP contribution in [0.2, 0.25) is 0 Å². The van der Waals surface area contributed by atoms with E-state index < -0.39 is 24.0 Å². The van der Waals surface area contributed by atoms with Crippen LogP contribution in [0.1, 0.15) is 19.3 Å². The summed E-state index contributed by atoms with van der Waals surface area (Å²) in [5.41, 5.74) is 1.24. The topological polar surface area (TPSA) is 114 Å². The molecule has 0 saturated carbocycles. The van der Waals surface area contributed by atoms with Crippen molar-refractivity contribution in [2.75, 3.05) is 4.90 Å². The average Bonchev–Trinajstić information content (AvgIpc) is 2.93. The van der Waals surface area contributed by atoms with E-state index in [1.807, 2.05) is 0 Å². The quantitative estimate of drug-likeness (QED) is 0.603. The van der Waals surface area contributed by atoms with Gasteiger partial charge in [-0.3, -0.25) is 14.8 Å². The van der Waals surface area contributed by atoms with Crippen LogP contribution in [-0.4, -0.2) is 49.0 Å². The summed E-state index contributed by atoms with van der Waals surface area (Å²) in [5, 5.41) is 24.4. The standard InChI is InChI=1S/C15H16N4O4S2/c20-12(21)10-2-1-3-11(13(22)23)18(10)8-4-6-9(7-5-8)19-14(24)16-17-15(19)25/h4-7,10-11H,1-3H2,(H,16,24)(H,17,25)(H,20,21)(H,22,23). The monoisotopic (exact) mass is 380 g/mol. The van der Waals surface area contributed by atoms with E-state index in [0.29, 0.717) is 40.2 Å². The number of aromatic amines is 2. The van der Waals surface area contributed by atoms with Crippen LogP contribution in [0, 0.1) is 9.54 Å². The molecular weight excluding hydrogens is 364 g/mol. The number of aromatic nitrogens is 3. The fourth-order valence-corrected chi connectivity index (χ4v) is 3.72. The van der Waals surface area contributed by atoms with Crippen LogP contribution in [0.15, 0.2) is 24.3 Å². The van der Waals surface area contributed by atoms with Crippen molar-refractivity contribution in [1.82, 2.24) is 14.8 Å². The second kappa shape index (κ2) is 6.81. The number of H-pyrrole nitrogens is 2. The number of rotatable bonds is 4. The molecule has 0 spiro atoms. The first-order valence-electron chi connectivity index (χ1n) is 7.64. The van der Waals surface area contributed by atoms with Crippen molar-refractivity contribution in [3.05, 3.63) is 33.8 Å². The predicted octanol–water partition coefficient (Wildman–Crippen LogP) is 2.49. The highest BCUT2D eigenvalue weighted by Gasteiger charge is 2.38. The Labute approximate surface area is 152 Å². The second-order valence-electron chi connectivity index (χ2n) is 5.76. The Morgan fingerprint density at radius 3 is 1.80 bits per heavy atom. The maximum absolute atomic E-state index is 11.6. The number of benzene rings is 1. The van der Waals surface area contributed by atoms with E-state index in [4.69, 9.17) is 24.4 Å². The summed E-state index contributed by atoms with van der Waals surface area (Å²) in [6.45, 7) is 0. The molecule has 0 aliphatic carbocycles. The van der Waals surface area contributed by atoms with Gasteiger partial charge in [-0.15, -0.1) is 0 Å². The number of hydrogen-bond donors (Lipinski definition) is 4. The van der Waals surface area contributed by atoms with Crippen LogP contribution in [0.3, 0.4) is 0 Å². The molecule has 1 aromatic heterocycles. The summed E-state index contributed by atoms with van der Waals surface area (Å²) in [5.74, 6) is -2.05. The number of aliphatic carboxylic acids is 2. The Balaban J connectivity index is 2.01. The van der Waals surface area contributed by atoms with Gasteiger partial charge in [-0.1, -0.05) is 0 Å². The molecule has 1 fully saturated rings. The minimum absolute atomic E-state index is 0.405. The van der Waals surface area contributed by atoms with Crippen molar-refractivity contribution in [3.63, 3.8) is 0 Å². The molecule has 4 N–H and O–H groups in total. The molecule has 3 rings (SSSR count). The second-order valence-corrected chi connectivity index (χ2v) is 6.53. The molecule has 1 saturated heterocycles. The van der Waals surface area contributed by atoms with Gasteiger partial charge >= 0.3 is 11.9 Å². The van der Waals surface area contributed by atoms with Gasteiger partial charge in [0.1, 0.15) is 12.1 Å². The lowest BCUT2D eigenvalue weighted by Crippen LogP contribution is -2.53. The lowest BCUT2D eigenvalue weighted by Gasteiger charge is -2.39. The van der Waals surface area contributed by atoms with Gasteiger partial charge in [0.15, 0.2) is 9.54 Å². The number of carbonyl (C=O) groups is 2. The number of nitrogens with one attached hydrogen (secondary N) is 2. The van der Waals surface area contributed by atoms with Crippen LogP contribution in [0.4, 0.5) is 5.69 Å². The summed E-state index contributed by atoms with van der Waals surface area (Å²) >= 11 is 10.3. The number of piperidine rings is 1. The number of anilines is 1. The van der Waals surface area contributed by atoms with Gasteiger partial charge in [0.05, 0.1) is 5.69 Å². The molecule has 0 radical (unpaired) electrons. The summed E-state index contributed by atoms with van der Waals surface area (Å²) in [7, 11) is 0. The predicted molar refractivity (Wildman–Crippen MR) is 95.3 cm³/mol. The van der Waals surface area contributed by atoms with Gasteiger partial charge in [0.25, 0.3) is 0 Å². The highest BCUT2D eigenvalue weighted by atomic mass is 32.1. The molecular formula is C15H16N4O4S2. The maximum Gasteiger partial charge on any atom is 0.326 e. The van der Waals surface area contributed by atoms with Crippen LogP contribution in [-0.2, 0) is 9.59 Å². The van der Waals surface area contributed by atoms with Gasteiger partial charge in [0.2, 0.25) is 0 Å². The lowest BCUT2D eigenvalue weighted by atomic mass is 9.94. The van der Waals surface area contributed by atoms with Crippen molar-refractivity contribution in [2.45, 2.75) is 31.3 Å². The smallest absolute Gasteiger partial charge is 0.326 e. The minimum atomic E-state index is -1.02. The summed E-state index contributed by atoms with van der Waals surface area (Å²) in [4.78, 5) is 24.6. The molecule has 8 nitrogen and oxygen atoms in total. The van der Waals surface area contributed by atoms with Crippen LogP contribution in [0.5, 0.6) is 0 Å². The van der Waals surface area contributed by atoms with E-state index in [-0.39, 0.29) is 0 Å². The average molecular weight is 380 g/mol. The highest BCUT2D eigenvalue weighted by Crippen LogP contribution is 2.30. The Bertz CT molecular complexity index is 865. The first-order valence-corrected chi connectivity index (χ1v) is 8.46. The zero-order chi connectivity index (χ0) is 18.1. The lowest BCUT2D eigenvalue weighted by molar-refractivity contribution is -0.142. The zero-order valence-electron chi connectivity index (χ0n) is 13.0. The van der Waals surface area contributed by atoms with Gasteiger partial charge in [-0.2, -0.15) is 0 Å². The van der Waals surface area contributed by atoms with Crippen molar-refractivity contribution < 1.29 is 19.8 Å². The van der Waals surface area contributed by atoms with Crippen LogP contribution >= 0.6 is 24.4 Å². The number of nitrogens with zero attached hydrogens (tertiary/aromatic N) is 2. The zero-order valence-corrected chi connectivity index (χ0v) is 14.6. The molecule has 2 aromatic rings. The van der Waals surface area contributed by atoms with E-state index in [2.05, 4.69) is 10.2 Å². The van der Waals surface area contributed by atoms with E-state index >= 15 is 0 Å². The Morgan fingerprint density at radius 2 is 1.36 bits per heavy atom. The Morgan fingerprint density at radius 1 is 0.920 bits per heavy atom. The minimum Gasteiger partial charge on any atom is -0.480 e. The SMILES string of the molecule is O=C(O)C1CCCC(C(=O)O)N1c1ccc(-n2c(=S)[nH][nH]c2=S)cc1. The molecule has 0 bridgehead atoms. The molecule has 132 valence electrons. The molecule has 1 aromatic carbocycles. The van der Waals surface area contributed by atoms with Gasteiger partial charge in [-0.25, -0.2) is 9.59 Å². The van der Waals surface area contributed by atoms with Crippen molar-refractivity contribution in [3.8, 4) is 5.69 Å². The van der Waals surface area contributed by atoms with Gasteiger partial charge < -0.3 is 15.1 Å². The van der Waals surface area contributed by atoms with Crippen LogP contribution in [0.25, 0.3) is 5.69 Å². The van der Waals surface area contributed by atoms with Crippen molar-refractivity contribution >= 4 is 42.1 Å². The van der Waals surface area contributed by atoms with Crippen molar-refractivity contribution in [1.29, 1.82) is 0 Å². The van der Waals surface area contributed by atoms with E-state index in [0.717, 1.165) is 0 Å². The number of carboxylic acids is 2. The fraction of sp³-hybridized carbons (Fsp3) is 0.333. The van der Waals surface area contributed by atoms with Crippen LogP contribution < -0.4 is 4.90 Å². The number of hydrogen-bond acceptors (Lipinski definition) is 5. The van der Waals surface area contributed by atoms with E-state index in [1.54, 1.807) is 28.8 Å². The van der Waals surface area contributed by atoms with E-state index in [1.165, 1.54) is 4.90 Å². The molecule has 2 atom stereocenters. The molecule has 1 aliphatic heterocycles. The van der Waals surface area contributed by atoms with E-state index in [9.17, 15) is 19.8 Å². The third kappa shape index (κ3) is 3.22. The third-order valence-corrected chi connectivity index (χ3v) is 4.85. The molecule has 10 heteroatoms. The number of carboxylic acid groups (broad SMARTS) is 2. The highest BCUT2D eigenvalue weighted by molar-refractivity contribution is 7.72. The first kappa shape index (κ1) is 17.4. The fourth-order valence-electron chi connectivity index (χ4n) is 3.16. The normalized spacial score (nSPS) is 20.4. The Hall–Kier alpha value is -2.46. The maximum atomic E-state index is 11.6. The Kier molecular flexibility index (Phi) is 4.73. The molecule has 2 heterocycles. The molecule has 25 heavy (non-hydrogen) atoms. The summed E-state index contributed by atoms with van der Waals surface area (Å²) in [6.07, 6.45) is 1.39. The largest absolute Gasteiger partial charge is 0.480 e. The summed E-state index contributed by atoms with van der Waals surface area (Å²) < 4.78 is 2.43. The molecule has 2 unspecified atom stereocenters. The first-order chi connectivity index (χ1) is 11.9. The van der Waals surface area contributed by atoms with Crippen molar-refractivity contribution in [2.24, 2.45) is 0 Å². The van der Waals surface area contributed by atoms with Gasteiger partial charge in [-0.05, 0) is 68.0 Å².